The number of halogens is 1. The number of nitrogens with zero attached hydrogens (tertiary/aromatic N) is 2. The minimum absolute atomic E-state index is 0.0706. The molecule has 156 valence electrons. The number of rotatable bonds is 5. The van der Waals surface area contributed by atoms with E-state index in [1.54, 1.807) is 45.8 Å². The topological polar surface area (TPSA) is 69.7 Å². The summed E-state index contributed by atoms with van der Waals surface area (Å²) in [7, 11) is 0. The number of benzene rings is 2. The Bertz CT molecular complexity index is 938. The van der Waals surface area contributed by atoms with Crippen LogP contribution in [0.15, 0.2) is 54.6 Å². The third-order valence-electron chi connectivity index (χ3n) is 5.36. The van der Waals surface area contributed by atoms with Gasteiger partial charge in [0.1, 0.15) is 12.1 Å². The monoisotopic (exact) mass is 443 g/mol. The lowest BCUT2D eigenvalue weighted by Crippen LogP contribution is -2.70. The van der Waals surface area contributed by atoms with Crippen LogP contribution in [-0.2, 0) is 15.3 Å². The first-order valence-electron chi connectivity index (χ1n) is 9.80. The van der Waals surface area contributed by atoms with Gasteiger partial charge in [-0.3, -0.25) is 14.4 Å². The van der Waals surface area contributed by atoms with Crippen LogP contribution in [0.3, 0.4) is 0 Å². The molecular formula is C22H22ClN3O3S. The summed E-state index contributed by atoms with van der Waals surface area (Å²) >= 11 is 7.51. The van der Waals surface area contributed by atoms with E-state index in [2.05, 4.69) is 5.32 Å². The molecule has 2 aliphatic rings. The summed E-state index contributed by atoms with van der Waals surface area (Å²) < 4.78 is 0. The van der Waals surface area contributed by atoms with Crippen LogP contribution in [0.4, 0.5) is 0 Å². The summed E-state index contributed by atoms with van der Waals surface area (Å²) in [5.74, 6) is 0.878. The number of carbonyl (C=O) groups excluding carboxylic acids is 3. The number of thioether (sulfide) groups is 1. The van der Waals surface area contributed by atoms with Crippen molar-refractivity contribution < 1.29 is 14.4 Å². The first-order valence-corrected chi connectivity index (χ1v) is 11.3. The Labute approximate surface area is 184 Å². The van der Waals surface area contributed by atoms with Gasteiger partial charge in [-0.05, 0) is 29.8 Å². The minimum Gasteiger partial charge on any atom is -0.342 e. The predicted molar refractivity (Wildman–Crippen MR) is 117 cm³/mol. The van der Waals surface area contributed by atoms with Gasteiger partial charge in [0.2, 0.25) is 11.8 Å². The highest BCUT2D eigenvalue weighted by atomic mass is 35.5. The average molecular weight is 444 g/mol. The Kier molecular flexibility index (Phi) is 6.29. The van der Waals surface area contributed by atoms with Crippen LogP contribution in [0.25, 0.3) is 0 Å². The van der Waals surface area contributed by atoms with Gasteiger partial charge in [-0.25, -0.2) is 0 Å². The van der Waals surface area contributed by atoms with Gasteiger partial charge in [-0.1, -0.05) is 41.9 Å². The van der Waals surface area contributed by atoms with Gasteiger partial charge >= 0.3 is 0 Å². The van der Waals surface area contributed by atoms with E-state index in [-0.39, 0.29) is 24.3 Å². The van der Waals surface area contributed by atoms with E-state index >= 15 is 0 Å². The molecule has 2 heterocycles. The minimum atomic E-state index is -0.641. The molecular weight excluding hydrogens is 422 g/mol. The number of amides is 3. The van der Waals surface area contributed by atoms with Crippen molar-refractivity contribution in [2.45, 2.75) is 17.8 Å². The zero-order chi connectivity index (χ0) is 21.1. The molecule has 2 atom stereocenters. The van der Waals surface area contributed by atoms with E-state index in [0.29, 0.717) is 29.4 Å². The number of fused-ring (bicyclic) bond motifs is 1. The van der Waals surface area contributed by atoms with Crippen molar-refractivity contribution in [3.63, 3.8) is 0 Å². The molecule has 0 unspecified atom stereocenters. The van der Waals surface area contributed by atoms with Crippen molar-refractivity contribution in [3.8, 4) is 0 Å². The normalized spacial score (nSPS) is 21.2. The Hall–Kier alpha value is -2.51. The highest BCUT2D eigenvalue weighted by molar-refractivity contribution is 7.98. The molecule has 8 heteroatoms. The fourth-order valence-electron chi connectivity index (χ4n) is 3.74. The molecule has 2 aromatic carbocycles. The Balaban J connectivity index is 1.35. The molecule has 0 aromatic heterocycles. The van der Waals surface area contributed by atoms with Crippen molar-refractivity contribution >= 4 is 41.1 Å². The molecule has 1 N–H and O–H groups in total. The van der Waals surface area contributed by atoms with Gasteiger partial charge in [0.15, 0.2) is 0 Å². The maximum Gasteiger partial charge on any atom is 0.254 e. The van der Waals surface area contributed by atoms with Crippen LogP contribution in [-0.4, -0.2) is 65.0 Å². The molecule has 0 radical (unpaired) electrons. The molecule has 2 fully saturated rings. The highest BCUT2D eigenvalue weighted by Crippen LogP contribution is 2.21. The molecule has 2 aromatic rings. The molecule has 3 amide bonds. The second-order valence-corrected chi connectivity index (χ2v) is 8.83. The Morgan fingerprint density at radius 1 is 1.07 bits per heavy atom. The molecule has 0 saturated carbocycles. The molecule has 4 rings (SSSR count). The van der Waals surface area contributed by atoms with Gasteiger partial charge in [0.25, 0.3) is 5.91 Å². The standard InChI is InChI=1S/C22H22ClN3O3S/c23-17-8-6-16(7-9-17)21(28)25-10-11-26-19(12-25)20(27)24-18(22(26)29)14-30-13-15-4-2-1-3-5-15/h1-9,18-19H,10-14H2,(H,24,27)/t18-,19+/m0/s1. The SMILES string of the molecule is O=C1N[C@@H](CSCc2ccccc2)C(=O)N2CCN(C(=O)c3ccc(Cl)cc3)C[C@H]12. The lowest BCUT2D eigenvalue weighted by atomic mass is 10.0. The van der Waals surface area contributed by atoms with Crippen LogP contribution >= 0.6 is 23.4 Å². The number of nitrogens with one attached hydrogen (secondary N) is 1. The van der Waals surface area contributed by atoms with E-state index in [4.69, 9.17) is 11.6 Å². The smallest absolute Gasteiger partial charge is 0.254 e. The van der Waals surface area contributed by atoms with Gasteiger partial charge in [-0.2, -0.15) is 11.8 Å². The lowest BCUT2D eigenvalue weighted by Gasteiger charge is -2.45. The quantitative estimate of drug-likeness (QED) is 0.770. The number of hydrogen-bond acceptors (Lipinski definition) is 4. The maximum absolute atomic E-state index is 12.9. The largest absolute Gasteiger partial charge is 0.342 e. The van der Waals surface area contributed by atoms with Crippen LogP contribution in [0, 0.1) is 0 Å². The number of carbonyl (C=O) groups is 3. The van der Waals surface area contributed by atoms with Crippen molar-refractivity contribution in [1.82, 2.24) is 15.1 Å². The third-order valence-corrected chi connectivity index (χ3v) is 6.71. The van der Waals surface area contributed by atoms with E-state index in [1.807, 2.05) is 30.3 Å². The predicted octanol–water partition coefficient (Wildman–Crippen LogP) is 2.42. The van der Waals surface area contributed by atoms with Gasteiger partial charge < -0.3 is 15.1 Å². The van der Waals surface area contributed by atoms with Crippen LogP contribution < -0.4 is 5.32 Å². The summed E-state index contributed by atoms with van der Waals surface area (Å²) in [6.45, 7) is 0.958. The lowest BCUT2D eigenvalue weighted by molar-refractivity contribution is -0.151. The third kappa shape index (κ3) is 4.47. The van der Waals surface area contributed by atoms with Crippen molar-refractivity contribution in [3.05, 3.63) is 70.7 Å². The zero-order valence-electron chi connectivity index (χ0n) is 16.3. The van der Waals surface area contributed by atoms with Gasteiger partial charge in [-0.15, -0.1) is 0 Å². The van der Waals surface area contributed by atoms with E-state index < -0.39 is 12.1 Å². The zero-order valence-corrected chi connectivity index (χ0v) is 17.9. The van der Waals surface area contributed by atoms with Crippen molar-refractivity contribution in [2.75, 3.05) is 25.4 Å². The fourth-order valence-corrected chi connectivity index (χ4v) is 4.88. The second kappa shape index (κ2) is 9.10. The van der Waals surface area contributed by atoms with Gasteiger partial charge in [0.05, 0.1) is 6.54 Å². The van der Waals surface area contributed by atoms with E-state index in [9.17, 15) is 14.4 Å². The highest BCUT2D eigenvalue weighted by Gasteiger charge is 2.44. The van der Waals surface area contributed by atoms with E-state index in [0.717, 1.165) is 5.75 Å². The van der Waals surface area contributed by atoms with Crippen LogP contribution in [0.1, 0.15) is 15.9 Å². The summed E-state index contributed by atoms with van der Waals surface area (Å²) in [4.78, 5) is 41.6. The Morgan fingerprint density at radius 2 is 1.80 bits per heavy atom. The van der Waals surface area contributed by atoms with Crippen LogP contribution in [0.5, 0.6) is 0 Å². The molecule has 0 spiro atoms. The molecule has 2 aliphatic heterocycles. The number of hydrogen-bond donors (Lipinski definition) is 1. The first-order chi connectivity index (χ1) is 14.5. The molecule has 6 nitrogen and oxygen atoms in total. The van der Waals surface area contributed by atoms with Crippen molar-refractivity contribution in [1.29, 1.82) is 0 Å². The second-order valence-electron chi connectivity index (χ2n) is 7.37. The molecule has 0 bridgehead atoms. The molecule has 30 heavy (non-hydrogen) atoms. The summed E-state index contributed by atoms with van der Waals surface area (Å²) in [5, 5.41) is 3.41. The molecule has 0 aliphatic carbocycles. The van der Waals surface area contributed by atoms with Crippen LogP contribution in [0.2, 0.25) is 5.02 Å². The molecule has 2 saturated heterocycles. The van der Waals surface area contributed by atoms with E-state index in [1.165, 1.54) is 5.56 Å². The Morgan fingerprint density at radius 3 is 2.53 bits per heavy atom. The summed E-state index contributed by atoms with van der Waals surface area (Å²) in [6.07, 6.45) is 0. The van der Waals surface area contributed by atoms with Crippen molar-refractivity contribution in [2.24, 2.45) is 0 Å². The fraction of sp³-hybridized carbons (Fsp3) is 0.318. The first kappa shape index (κ1) is 20.8. The summed E-state index contributed by atoms with van der Waals surface area (Å²) in [5.41, 5.74) is 1.70. The maximum atomic E-state index is 12.9. The van der Waals surface area contributed by atoms with Gasteiger partial charge in [0, 0.05) is 35.2 Å². The summed E-state index contributed by atoms with van der Waals surface area (Å²) in [6, 6.07) is 15.5. The number of piperazine rings is 2. The average Bonchev–Trinajstić information content (AvgIpc) is 2.77.